The summed E-state index contributed by atoms with van der Waals surface area (Å²) in [7, 11) is 0. The lowest BCUT2D eigenvalue weighted by Crippen LogP contribution is -2.00. The van der Waals surface area contributed by atoms with Crippen LogP contribution in [0.5, 0.6) is 0 Å². The SMILES string of the molecule is CC(=O)c1ccc(-n2cc(Br)cn2)c(F)c1. The van der Waals surface area contributed by atoms with Crippen molar-refractivity contribution >= 4 is 21.7 Å². The van der Waals surface area contributed by atoms with Crippen LogP contribution in [0.3, 0.4) is 0 Å². The average molecular weight is 283 g/mol. The van der Waals surface area contributed by atoms with Crippen molar-refractivity contribution in [3.8, 4) is 5.69 Å². The van der Waals surface area contributed by atoms with Gasteiger partial charge < -0.3 is 0 Å². The molecule has 1 aromatic carbocycles. The third-order valence-corrected chi connectivity index (χ3v) is 2.56. The highest BCUT2D eigenvalue weighted by Crippen LogP contribution is 2.17. The molecule has 0 spiro atoms. The van der Waals surface area contributed by atoms with Gasteiger partial charge in [0.25, 0.3) is 0 Å². The number of hydrogen-bond acceptors (Lipinski definition) is 2. The van der Waals surface area contributed by atoms with Crippen LogP contribution in [0.15, 0.2) is 35.1 Å². The molecule has 0 N–H and O–H groups in total. The van der Waals surface area contributed by atoms with Gasteiger partial charge in [0.1, 0.15) is 11.5 Å². The van der Waals surface area contributed by atoms with Gasteiger partial charge in [0, 0.05) is 11.8 Å². The van der Waals surface area contributed by atoms with Gasteiger partial charge in [-0.05, 0) is 41.1 Å². The van der Waals surface area contributed by atoms with E-state index in [9.17, 15) is 9.18 Å². The van der Waals surface area contributed by atoms with Crippen LogP contribution < -0.4 is 0 Å². The van der Waals surface area contributed by atoms with Crippen LogP contribution in [0.2, 0.25) is 0 Å². The minimum atomic E-state index is -0.469. The van der Waals surface area contributed by atoms with Gasteiger partial charge in [0.15, 0.2) is 5.78 Å². The number of carbonyl (C=O) groups is 1. The third kappa shape index (κ3) is 2.04. The van der Waals surface area contributed by atoms with Gasteiger partial charge in [-0.1, -0.05) is 0 Å². The molecule has 0 aliphatic rings. The van der Waals surface area contributed by atoms with Gasteiger partial charge in [0.2, 0.25) is 0 Å². The lowest BCUT2D eigenvalue weighted by molar-refractivity contribution is 0.101. The maximum atomic E-state index is 13.7. The molecule has 0 saturated heterocycles. The predicted octanol–water partition coefficient (Wildman–Crippen LogP) is 2.98. The van der Waals surface area contributed by atoms with Crippen LogP contribution >= 0.6 is 15.9 Å². The van der Waals surface area contributed by atoms with Crippen molar-refractivity contribution in [2.75, 3.05) is 0 Å². The van der Waals surface area contributed by atoms with Crippen LogP contribution in [0.25, 0.3) is 5.69 Å². The van der Waals surface area contributed by atoms with Crippen molar-refractivity contribution < 1.29 is 9.18 Å². The highest BCUT2D eigenvalue weighted by molar-refractivity contribution is 9.10. The molecule has 1 aromatic heterocycles. The fourth-order valence-corrected chi connectivity index (χ4v) is 1.63. The van der Waals surface area contributed by atoms with E-state index < -0.39 is 5.82 Å². The number of halogens is 2. The Kier molecular flexibility index (Phi) is 2.87. The van der Waals surface area contributed by atoms with Crippen LogP contribution in [-0.4, -0.2) is 15.6 Å². The summed E-state index contributed by atoms with van der Waals surface area (Å²) < 4.78 is 15.8. The lowest BCUT2D eigenvalue weighted by Gasteiger charge is -2.04. The topological polar surface area (TPSA) is 34.9 Å². The number of aromatic nitrogens is 2. The number of benzene rings is 1. The molecule has 0 fully saturated rings. The quantitative estimate of drug-likeness (QED) is 0.794. The van der Waals surface area contributed by atoms with Gasteiger partial charge in [-0.25, -0.2) is 9.07 Å². The second kappa shape index (κ2) is 4.17. The van der Waals surface area contributed by atoms with Crippen LogP contribution in [0.1, 0.15) is 17.3 Å². The molecule has 0 saturated carbocycles. The summed E-state index contributed by atoms with van der Waals surface area (Å²) in [6.07, 6.45) is 3.21. The Bertz CT molecular complexity index is 551. The Hall–Kier alpha value is -1.49. The minimum absolute atomic E-state index is 0.160. The molecule has 0 radical (unpaired) electrons. The number of hydrogen-bond donors (Lipinski definition) is 0. The molecular weight excluding hydrogens is 275 g/mol. The minimum Gasteiger partial charge on any atom is -0.295 e. The first-order chi connectivity index (χ1) is 7.58. The average Bonchev–Trinajstić information content (AvgIpc) is 2.64. The van der Waals surface area contributed by atoms with E-state index in [1.165, 1.54) is 23.7 Å². The molecule has 16 heavy (non-hydrogen) atoms. The van der Waals surface area contributed by atoms with Crippen molar-refractivity contribution in [2.45, 2.75) is 6.92 Å². The van der Waals surface area contributed by atoms with Gasteiger partial charge >= 0.3 is 0 Å². The van der Waals surface area contributed by atoms with Crippen molar-refractivity contribution in [3.63, 3.8) is 0 Å². The Morgan fingerprint density at radius 3 is 2.75 bits per heavy atom. The van der Waals surface area contributed by atoms with Crippen molar-refractivity contribution in [2.24, 2.45) is 0 Å². The standard InChI is InChI=1S/C11H8BrFN2O/c1-7(16)8-2-3-11(10(13)4-8)15-6-9(12)5-14-15/h2-6H,1H3. The zero-order valence-electron chi connectivity index (χ0n) is 8.45. The van der Waals surface area contributed by atoms with E-state index in [1.54, 1.807) is 18.5 Å². The number of nitrogens with zero attached hydrogens (tertiary/aromatic N) is 2. The molecule has 0 aliphatic carbocycles. The van der Waals surface area contributed by atoms with Gasteiger partial charge in [-0.3, -0.25) is 4.79 Å². The number of rotatable bonds is 2. The molecule has 1 heterocycles. The highest BCUT2D eigenvalue weighted by Gasteiger charge is 2.08. The van der Waals surface area contributed by atoms with E-state index >= 15 is 0 Å². The highest BCUT2D eigenvalue weighted by atomic mass is 79.9. The molecule has 2 rings (SSSR count). The van der Waals surface area contributed by atoms with Crippen molar-refractivity contribution in [1.29, 1.82) is 0 Å². The summed E-state index contributed by atoms with van der Waals surface area (Å²) in [6, 6.07) is 4.33. The van der Waals surface area contributed by atoms with Crippen LogP contribution in [-0.2, 0) is 0 Å². The molecule has 0 unspecified atom stereocenters. The monoisotopic (exact) mass is 282 g/mol. The number of ketones is 1. The Balaban J connectivity index is 2.47. The summed E-state index contributed by atoms with van der Waals surface area (Å²) in [5, 5.41) is 3.97. The summed E-state index contributed by atoms with van der Waals surface area (Å²) in [5.74, 6) is -0.629. The molecular formula is C11H8BrFN2O. The smallest absolute Gasteiger partial charge is 0.159 e. The Morgan fingerprint density at radius 1 is 1.50 bits per heavy atom. The number of carbonyl (C=O) groups excluding carboxylic acids is 1. The lowest BCUT2D eigenvalue weighted by atomic mass is 10.1. The van der Waals surface area contributed by atoms with Crippen molar-refractivity contribution in [3.05, 3.63) is 46.4 Å². The zero-order chi connectivity index (χ0) is 11.7. The maximum Gasteiger partial charge on any atom is 0.159 e. The fraction of sp³-hybridized carbons (Fsp3) is 0.0909. The summed E-state index contributed by atoms with van der Waals surface area (Å²) >= 11 is 3.23. The van der Waals surface area contributed by atoms with E-state index in [0.717, 1.165) is 4.47 Å². The molecule has 0 aliphatic heterocycles. The van der Waals surface area contributed by atoms with Gasteiger partial charge in [-0.15, -0.1) is 0 Å². The molecule has 0 bridgehead atoms. The van der Waals surface area contributed by atoms with E-state index in [2.05, 4.69) is 21.0 Å². The first-order valence-corrected chi connectivity index (χ1v) is 5.38. The normalized spacial score (nSPS) is 10.4. The van der Waals surface area contributed by atoms with Crippen LogP contribution in [0, 0.1) is 5.82 Å². The van der Waals surface area contributed by atoms with Crippen molar-refractivity contribution in [1.82, 2.24) is 9.78 Å². The largest absolute Gasteiger partial charge is 0.295 e. The summed E-state index contributed by atoms with van der Waals surface area (Å²) in [5.41, 5.74) is 0.670. The van der Waals surface area contributed by atoms with Crippen LogP contribution in [0.4, 0.5) is 4.39 Å². The second-order valence-corrected chi connectivity index (χ2v) is 4.24. The number of Topliss-reactive ketones (excluding diaryl/α,β-unsaturated/α-hetero) is 1. The predicted molar refractivity (Wildman–Crippen MR) is 61.2 cm³/mol. The maximum absolute atomic E-state index is 13.7. The molecule has 5 heteroatoms. The Labute approximate surface area is 100 Å². The first-order valence-electron chi connectivity index (χ1n) is 4.59. The first kappa shape index (κ1) is 11.0. The molecule has 0 atom stereocenters. The molecule has 0 amide bonds. The summed E-state index contributed by atoms with van der Waals surface area (Å²) in [4.78, 5) is 11.1. The molecule has 82 valence electrons. The zero-order valence-corrected chi connectivity index (χ0v) is 10.0. The van der Waals surface area contributed by atoms with Gasteiger partial charge in [0.05, 0.1) is 10.7 Å². The second-order valence-electron chi connectivity index (χ2n) is 3.33. The van der Waals surface area contributed by atoms with Gasteiger partial charge in [-0.2, -0.15) is 5.10 Å². The fourth-order valence-electron chi connectivity index (χ4n) is 1.34. The van der Waals surface area contributed by atoms with E-state index in [-0.39, 0.29) is 5.78 Å². The van der Waals surface area contributed by atoms with E-state index in [4.69, 9.17) is 0 Å². The Morgan fingerprint density at radius 2 is 2.25 bits per heavy atom. The summed E-state index contributed by atoms with van der Waals surface area (Å²) in [6.45, 7) is 1.40. The third-order valence-electron chi connectivity index (χ3n) is 2.15. The molecule has 2 aromatic rings. The van der Waals surface area contributed by atoms with E-state index in [1.807, 2.05) is 0 Å². The molecule has 3 nitrogen and oxygen atoms in total. The van der Waals surface area contributed by atoms with E-state index in [0.29, 0.717) is 11.3 Å².